The zero-order valence-corrected chi connectivity index (χ0v) is 12.7. The second-order valence-corrected chi connectivity index (χ2v) is 5.04. The van der Waals surface area contributed by atoms with E-state index in [1.165, 1.54) is 0 Å². The van der Waals surface area contributed by atoms with E-state index in [-0.39, 0.29) is 11.6 Å². The first-order valence-electron chi connectivity index (χ1n) is 6.97. The Morgan fingerprint density at radius 1 is 1.09 bits per heavy atom. The van der Waals surface area contributed by atoms with Crippen molar-refractivity contribution in [3.05, 3.63) is 52.8 Å². The van der Waals surface area contributed by atoms with E-state index < -0.39 is 0 Å². The third kappa shape index (κ3) is 3.03. The summed E-state index contributed by atoms with van der Waals surface area (Å²) >= 11 is 0. The van der Waals surface area contributed by atoms with Crippen LogP contribution in [0.2, 0.25) is 0 Å². The maximum absolute atomic E-state index is 12.0. The van der Waals surface area contributed by atoms with Crippen molar-refractivity contribution in [1.29, 1.82) is 0 Å². The van der Waals surface area contributed by atoms with Crippen LogP contribution in [0.4, 0.5) is 16.2 Å². The summed E-state index contributed by atoms with van der Waals surface area (Å²) in [5, 5.41) is 8.61. The number of hydrogen-bond acceptors (Lipinski definition) is 3. The standard InChI is InChI=1S/C16H16N4O3/c1-20-14-8-5-11(9-13(14)15(21)19-20)18-16(22)17-10-3-6-12(23-2)7-4-10/h3-9H,1-2H3,(H,19,21)(H2,17,18,22). The Balaban J connectivity index is 1.74. The fraction of sp³-hybridized carbons (Fsp3) is 0.125. The molecule has 0 aliphatic carbocycles. The first-order chi connectivity index (χ1) is 11.1. The van der Waals surface area contributed by atoms with E-state index in [0.717, 1.165) is 5.52 Å². The fourth-order valence-corrected chi connectivity index (χ4v) is 2.33. The van der Waals surface area contributed by atoms with Crippen LogP contribution in [0.15, 0.2) is 47.3 Å². The van der Waals surface area contributed by atoms with Gasteiger partial charge in [0.25, 0.3) is 5.56 Å². The van der Waals surface area contributed by atoms with E-state index in [4.69, 9.17) is 4.74 Å². The molecule has 0 bridgehead atoms. The number of aryl methyl sites for hydroxylation is 1. The van der Waals surface area contributed by atoms with Crippen molar-refractivity contribution in [2.45, 2.75) is 0 Å². The minimum atomic E-state index is -0.387. The fourth-order valence-electron chi connectivity index (χ4n) is 2.33. The minimum absolute atomic E-state index is 0.193. The quantitative estimate of drug-likeness (QED) is 0.694. The van der Waals surface area contributed by atoms with Gasteiger partial charge in [0.05, 0.1) is 18.0 Å². The third-order valence-electron chi connectivity index (χ3n) is 3.48. The summed E-state index contributed by atoms with van der Waals surface area (Å²) in [6, 6.07) is 11.8. The smallest absolute Gasteiger partial charge is 0.323 e. The van der Waals surface area contributed by atoms with Crippen molar-refractivity contribution >= 4 is 28.3 Å². The average molecular weight is 312 g/mol. The monoisotopic (exact) mass is 312 g/mol. The van der Waals surface area contributed by atoms with E-state index in [0.29, 0.717) is 22.5 Å². The van der Waals surface area contributed by atoms with Crippen molar-refractivity contribution in [2.24, 2.45) is 7.05 Å². The summed E-state index contributed by atoms with van der Waals surface area (Å²) in [6.07, 6.45) is 0. The van der Waals surface area contributed by atoms with Gasteiger partial charge in [-0.1, -0.05) is 0 Å². The van der Waals surface area contributed by atoms with Crippen LogP contribution in [0.25, 0.3) is 10.9 Å². The van der Waals surface area contributed by atoms with Gasteiger partial charge in [-0.3, -0.25) is 14.6 Å². The predicted octanol–water partition coefficient (Wildman–Crippen LogP) is 2.52. The van der Waals surface area contributed by atoms with Crippen molar-refractivity contribution in [3.8, 4) is 5.75 Å². The molecule has 2 aromatic carbocycles. The number of anilines is 2. The lowest BCUT2D eigenvalue weighted by molar-refractivity contribution is 0.262. The number of benzene rings is 2. The number of methoxy groups -OCH3 is 1. The molecule has 0 unspecified atom stereocenters. The number of rotatable bonds is 3. The molecule has 1 aromatic heterocycles. The van der Waals surface area contributed by atoms with Gasteiger partial charge >= 0.3 is 6.03 Å². The summed E-state index contributed by atoms with van der Waals surface area (Å²) in [5.41, 5.74) is 1.76. The van der Waals surface area contributed by atoms with Crippen LogP contribution in [-0.2, 0) is 7.05 Å². The molecule has 2 amide bonds. The van der Waals surface area contributed by atoms with Gasteiger partial charge in [0.15, 0.2) is 0 Å². The molecule has 0 spiro atoms. The van der Waals surface area contributed by atoms with Crippen LogP contribution in [0.5, 0.6) is 5.75 Å². The Morgan fingerprint density at radius 2 is 1.74 bits per heavy atom. The summed E-state index contributed by atoms with van der Waals surface area (Å²) in [4.78, 5) is 23.8. The van der Waals surface area contributed by atoms with Gasteiger partial charge < -0.3 is 15.4 Å². The van der Waals surface area contributed by atoms with E-state index in [9.17, 15) is 9.59 Å². The lowest BCUT2D eigenvalue weighted by atomic mass is 10.2. The second-order valence-electron chi connectivity index (χ2n) is 5.04. The molecule has 7 heteroatoms. The second kappa shape index (κ2) is 5.88. The molecule has 3 rings (SSSR count). The highest BCUT2D eigenvalue weighted by atomic mass is 16.5. The Hall–Kier alpha value is -3.22. The molecule has 0 atom stereocenters. The third-order valence-corrected chi connectivity index (χ3v) is 3.48. The summed E-state index contributed by atoms with van der Waals surface area (Å²) < 4.78 is 6.70. The molecular weight excluding hydrogens is 296 g/mol. The van der Waals surface area contributed by atoms with E-state index in [1.54, 1.807) is 61.3 Å². The van der Waals surface area contributed by atoms with Crippen molar-refractivity contribution in [1.82, 2.24) is 9.78 Å². The number of aromatic amines is 1. The van der Waals surface area contributed by atoms with Gasteiger partial charge in [-0.05, 0) is 42.5 Å². The Labute approximate surface area is 131 Å². The number of nitrogens with zero attached hydrogens (tertiary/aromatic N) is 1. The van der Waals surface area contributed by atoms with E-state index in [1.807, 2.05) is 0 Å². The number of aromatic nitrogens is 2. The van der Waals surface area contributed by atoms with Gasteiger partial charge in [-0.15, -0.1) is 0 Å². The average Bonchev–Trinajstić information content (AvgIpc) is 2.82. The van der Waals surface area contributed by atoms with Crippen molar-refractivity contribution < 1.29 is 9.53 Å². The van der Waals surface area contributed by atoms with Gasteiger partial charge in [0.2, 0.25) is 0 Å². The largest absolute Gasteiger partial charge is 0.497 e. The lowest BCUT2D eigenvalue weighted by Gasteiger charge is -2.08. The maximum Gasteiger partial charge on any atom is 0.323 e. The summed E-state index contributed by atoms with van der Waals surface area (Å²) in [7, 11) is 3.34. The Kier molecular flexibility index (Phi) is 3.76. The molecule has 0 radical (unpaired) electrons. The number of carbonyl (C=O) groups is 1. The van der Waals surface area contributed by atoms with Gasteiger partial charge in [-0.25, -0.2) is 4.79 Å². The molecular formula is C16H16N4O3. The highest BCUT2D eigenvalue weighted by Crippen LogP contribution is 2.17. The maximum atomic E-state index is 12.0. The van der Waals surface area contributed by atoms with Crippen LogP contribution in [0.1, 0.15) is 0 Å². The van der Waals surface area contributed by atoms with E-state index in [2.05, 4.69) is 15.7 Å². The molecule has 118 valence electrons. The Morgan fingerprint density at radius 3 is 2.43 bits per heavy atom. The number of carbonyl (C=O) groups excluding carboxylic acids is 1. The van der Waals surface area contributed by atoms with Gasteiger partial charge in [0.1, 0.15) is 5.75 Å². The molecule has 1 heterocycles. The lowest BCUT2D eigenvalue weighted by Crippen LogP contribution is -2.19. The predicted molar refractivity (Wildman–Crippen MR) is 89.2 cm³/mol. The summed E-state index contributed by atoms with van der Waals surface area (Å²) in [6.45, 7) is 0. The van der Waals surface area contributed by atoms with Crippen LogP contribution < -0.4 is 20.9 Å². The zero-order chi connectivity index (χ0) is 16.4. The molecule has 0 saturated carbocycles. The van der Waals surface area contributed by atoms with Crippen molar-refractivity contribution in [3.63, 3.8) is 0 Å². The number of ether oxygens (including phenoxy) is 1. The number of hydrogen-bond donors (Lipinski definition) is 3. The number of H-pyrrole nitrogens is 1. The SMILES string of the molecule is COc1ccc(NC(=O)Nc2ccc3c(c2)c(=O)[nH]n3C)cc1. The molecule has 7 nitrogen and oxygen atoms in total. The zero-order valence-electron chi connectivity index (χ0n) is 12.7. The number of fused-ring (bicyclic) bond motifs is 1. The Bertz CT molecular complexity index is 909. The highest BCUT2D eigenvalue weighted by molar-refractivity contribution is 6.00. The molecule has 3 N–H and O–H groups in total. The number of nitrogens with one attached hydrogen (secondary N) is 3. The normalized spacial score (nSPS) is 10.5. The molecule has 0 saturated heterocycles. The number of amides is 2. The first kappa shape index (κ1) is 14.7. The van der Waals surface area contributed by atoms with Gasteiger partial charge in [-0.2, -0.15) is 0 Å². The highest BCUT2D eigenvalue weighted by Gasteiger charge is 2.07. The first-order valence-corrected chi connectivity index (χ1v) is 6.97. The molecule has 0 aliphatic heterocycles. The topological polar surface area (TPSA) is 88.2 Å². The van der Waals surface area contributed by atoms with Crippen LogP contribution in [-0.4, -0.2) is 22.9 Å². The van der Waals surface area contributed by atoms with Crippen LogP contribution in [0.3, 0.4) is 0 Å². The molecule has 3 aromatic rings. The molecule has 23 heavy (non-hydrogen) atoms. The van der Waals surface area contributed by atoms with Crippen LogP contribution >= 0.6 is 0 Å². The number of urea groups is 1. The minimum Gasteiger partial charge on any atom is -0.497 e. The van der Waals surface area contributed by atoms with Crippen molar-refractivity contribution in [2.75, 3.05) is 17.7 Å². The van der Waals surface area contributed by atoms with Crippen LogP contribution in [0, 0.1) is 0 Å². The van der Waals surface area contributed by atoms with Gasteiger partial charge in [0, 0.05) is 18.4 Å². The molecule has 0 fully saturated rings. The van der Waals surface area contributed by atoms with E-state index >= 15 is 0 Å². The summed E-state index contributed by atoms with van der Waals surface area (Å²) in [5.74, 6) is 0.713. The molecule has 0 aliphatic rings.